The maximum Gasteiger partial charge on any atom is 0.230 e. The number of carbonyl (C=O) groups is 1. The van der Waals surface area contributed by atoms with Crippen LogP contribution in [0.25, 0.3) is 0 Å². The molecule has 1 aromatic rings. The van der Waals surface area contributed by atoms with Gasteiger partial charge in [-0.3, -0.25) is 4.79 Å². The Bertz CT molecular complexity index is 535. The normalized spacial score (nSPS) is 21.4. The number of benzene rings is 1. The van der Waals surface area contributed by atoms with Crippen molar-refractivity contribution in [2.45, 2.75) is 43.9 Å². The fraction of sp³-hybridized carbons (Fsp3) is 0.588. The van der Waals surface area contributed by atoms with Gasteiger partial charge in [-0.15, -0.1) is 0 Å². The SMILES string of the molecule is O=C(NCC1(CCO)CC1)C1(c2cccc(Cl)c2)CCC1. The summed E-state index contributed by atoms with van der Waals surface area (Å²) in [4.78, 5) is 12.7. The lowest BCUT2D eigenvalue weighted by atomic mass is 9.63. The molecule has 2 fully saturated rings. The van der Waals surface area contributed by atoms with Crippen molar-refractivity contribution >= 4 is 17.5 Å². The number of aliphatic hydroxyl groups excluding tert-OH is 1. The lowest BCUT2D eigenvalue weighted by molar-refractivity contribution is -0.130. The van der Waals surface area contributed by atoms with Crippen LogP contribution in [-0.4, -0.2) is 24.2 Å². The van der Waals surface area contributed by atoms with Crippen molar-refractivity contribution in [2.75, 3.05) is 13.2 Å². The van der Waals surface area contributed by atoms with Crippen molar-refractivity contribution in [1.29, 1.82) is 0 Å². The summed E-state index contributed by atoms with van der Waals surface area (Å²) >= 11 is 6.08. The number of aliphatic hydroxyl groups is 1. The topological polar surface area (TPSA) is 49.3 Å². The largest absolute Gasteiger partial charge is 0.396 e. The van der Waals surface area contributed by atoms with Gasteiger partial charge >= 0.3 is 0 Å². The molecule has 0 aliphatic heterocycles. The molecule has 21 heavy (non-hydrogen) atoms. The molecule has 0 unspecified atom stereocenters. The summed E-state index contributed by atoms with van der Waals surface area (Å²) in [6.07, 6.45) is 5.88. The van der Waals surface area contributed by atoms with E-state index in [0.717, 1.165) is 44.1 Å². The molecule has 3 nitrogen and oxygen atoms in total. The number of amides is 1. The number of hydrogen-bond acceptors (Lipinski definition) is 2. The highest BCUT2D eigenvalue weighted by Gasteiger charge is 2.48. The first-order valence-corrected chi connectivity index (χ1v) is 8.13. The first kappa shape index (κ1) is 14.9. The van der Waals surface area contributed by atoms with Gasteiger partial charge in [-0.2, -0.15) is 0 Å². The third kappa shape index (κ3) is 2.82. The van der Waals surface area contributed by atoms with Crippen LogP contribution in [0.15, 0.2) is 24.3 Å². The molecular formula is C17H22ClNO2. The Labute approximate surface area is 130 Å². The van der Waals surface area contributed by atoms with Crippen LogP contribution in [0.4, 0.5) is 0 Å². The van der Waals surface area contributed by atoms with Crippen LogP contribution in [-0.2, 0) is 10.2 Å². The van der Waals surface area contributed by atoms with Crippen molar-refractivity contribution < 1.29 is 9.90 Å². The zero-order valence-electron chi connectivity index (χ0n) is 12.2. The van der Waals surface area contributed by atoms with E-state index in [-0.39, 0.29) is 23.3 Å². The molecule has 1 amide bonds. The fourth-order valence-electron chi connectivity index (χ4n) is 3.33. The minimum atomic E-state index is -0.389. The van der Waals surface area contributed by atoms with E-state index in [2.05, 4.69) is 5.32 Å². The van der Waals surface area contributed by atoms with Crippen molar-refractivity contribution in [3.63, 3.8) is 0 Å². The van der Waals surface area contributed by atoms with Gasteiger partial charge in [0.15, 0.2) is 0 Å². The molecule has 0 spiro atoms. The molecular weight excluding hydrogens is 286 g/mol. The van der Waals surface area contributed by atoms with Gasteiger partial charge in [0.25, 0.3) is 0 Å². The minimum Gasteiger partial charge on any atom is -0.396 e. The Morgan fingerprint density at radius 1 is 1.29 bits per heavy atom. The van der Waals surface area contributed by atoms with Crippen LogP contribution in [0.1, 0.15) is 44.1 Å². The van der Waals surface area contributed by atoms with Gasteiger partial charge in [0.1, 0.15) is 0 Å². The second kappa shape index (κ2) is 5.62. The average Bonchev–Trinajstić information content (AvgIpc) is 3.16. The number of nitrogens with one attached hydrogen (secondary N) is 1. The smallest absolute Gasteiger partial charge is 0.230 e. The van der Waals surface area contributed by atoms with Crippen LogP contribution >= 0.6 is 11.6 Å². The summed E-state index contributed by atoms with van der Waals surface area (Å²) in [7, 11) is 0. The summed E-state index contributed by atoms with van der Waals surface area (Å²) < 4.78 is 0. The van der Waals surface area contributed by atoms with Crippen molar-refractivity contribution in [2.24, 2.45) is 5.41 Å². The van der Waals surface area contributed by atoms with Gasteiger partial charge in [0.2, 0.25) is 5.91 Å². The maximum atomic E-state index is 12.7. The predicted octanol–water partition coefficient (Wildman–Crippen LogP) is 3.04. The number of carbonyl (C=O) groups excluding carboxylic acids is 1. The molecule has 2 saturated carbocycles. The molecule has 1 aromatic carbocycles. The highest BCUT2D eigenvalue weighted by atomic mass is 35.5. The monoisotopic (exact) mass is 307 g/mol. The van der Waals surface area contributed by atoms with Gasteiger partial charge in [-0.25, -0.2) is 0 Å². The summed E-state index contributed by atoms with van der Waals surface area (Å²) in [5, 5.41) is 12.9. The molecule has 0 aromatic heterocycles. The van der Waals surface area contributed by atoms with E-state index < -0.39 is 0 Å². The maximum absolute atomic E-state index is 12.7. The highest BCUT2D eigenvalue weighted by Crippen LogP contribution is 2.49. The molecule has 2 aliphatic rings. The van der Waals surface area contributed by atoms with Gasteiger partial charge in [0.05, 0.1) is 5.41 Å². The molecule has 3 rings (SSSR count). The summed E-state index contributed by atoms with van der Waals surface area (Å²) in [5.74, 6) is 0.125. The minimum absolute atomic E-state index is 0.125. The van der Waals surface area contributed by atoms with Crippen molar-refractivity contribution in [3.8, 4) is 0 Å². The van der Waals surface area contributed by atoms with E-state index in [0.29, 0.717) is 11.6 Å². The van der Waals surface area contributed by atoms with E-state index in [4.69, 9.17) is 16.7 Å². The molecule has 2 N–H and O–H groups in total. The average molecular weight is 308 g/mol. The first-order chi connectivity index (χ1) is 10.1. The molecule has 0 heterocycles. The van der Waals surface area contributed by atoms with Crippen LogP contribution < -0.4 is 5.32 Å². The Morgan fingerprint density at radius 2 is 2.05 bits per heavy atom. The predicted molar refractivity (Wildman–Crippen MR) is 83.4 cm³/mol. The third-order valence-corrected chi connectivity index (χ3v) is 5.48. The van der Waals surface area contributed by atoms with Crippen molar-refractivity contribution in [3.05, 3.63) is 34.9 Å². The van der Waals surface area contributed by atoms with Crippen LogP contribution in [0, 0.1) is 5.41 Å². The number of halogens is 1. The summed E-state index contributed by atoms with van der Waals surface area (Å²) in [5.41, 5.74) is 0.801. The Morgan fingerprint density at radius 3 is 2.57 bits per heavy atom. The molecule has 4 heteroatoms. The van der Waals surface area contributed by atoms with Crippen LogP contribution in [0.5, 0.6) is 0 Å². The molecule has 0 radical (unpaired) electrons. The third-order valence-electron chi connectivity index (χ3n) is 5.24. The van der Waals surface area contributed by atoms with Gasteiger partial charge in [-0.05, 0) is 55.2 Å². The lowest BCUT2D eigenvalue weighted by Crippen LogP contribution is -2.50. The molecule has 0 bridgehead atoms. The Hall–Kier alpha value is -1.06. The Kier molecular flexibility index (Phi) is 3.98. The van der Waals surface area contributed by atoms with Crippen molar-refractivity contribution in [1.82, 2.24) is 5.32 Å². The second-order valence-electron chi connectivity index (χ2n) is 6.60. The van der Waals surface area contributed by atoms with Gasteiger partial charge in [-0.1, -0.05) is 30.2 Å². The summed E-state index contributed by atoms with van der Waals surface area (Å²) in [6, 6.07) is 7.68. The van der Waals surface area contributed by atoms with Crippen LogP contribution in [0.2, 0.25) is 5.02 Å². The molecule has 0 atom stereocenters. The standard InChI is InChI=1S/C17H22ClNO2/c18-14-4-1-3-13(11-14)17(5-2-6-17)15(21)19-12-16(7-8-16)9-10-20/h1,3-4,11,20H,2,5-10,12H2,(H,19,21). The molecule has 114 valence electrons. The van der Waals surface area contributed by atoms with Gasteiger partial charge < -0.3 is 10.4 Å². The zero-order chi connectivity index (χ0) is 14.9. The number of hydrogen-bond donors (Lipinski definition) is 2. The van der Waals surface area contributed by atoms with E-state index in [1.807, 2.05) is 24.3 Å². The molecule has 0 saturated heterocycles. The lowest BCUT2D eigenvalue weighted by Gasteiger charge is -2.41. The second-order valence-corrected chi connectivity index (χ2v) is 7.04. The quantitative estimate of drug-likeness (QED) is 0.848. The zero-order valence-corrected chi connectivity index (χ0v) is 13.0. The number of rotatable bonds is 6. The van der Waals surface area contributed by atoms with E-state index in [1.54, 1.807) is 0 Å². The summed E-state index contributed by atoms with van der Waals surface area (Å²) in [6.45, 7) is 0.893. The first-order valence-electron chi connectivity index (χ1n) is 7.76. The van der Waals surface area contributed by atoms with Crippen LogP contribution in [0.3, 0.4) is 0 Å². The fourth-order valence-corrected chi connectivity index (χ4v) is 3.52. The van der Waals surface area contributed by atoms with Gasteiger partial charge in [0, 0.05) is 18.2 Å². The molecule has 2 aliphatic carbocycles. The highest BCUT2D eigenvalue weighted by molar-refractivity contribution is 6.30. The van der Waals surface area contributed by atoms with E-state index >= 15 is 0 Å². The Balaban J connectivity index is 1.70. The van der Waals surface area contributed by atoms with E-state index in [9.17, 15) is 4.79 Å². The van der Waals surface area contributed by atoms with E-state index in [1.165, 1.54) is 0 Å².